The van der Waals surface area contributed by atoms with Crippen LogP contribution < -0.4 is 5.73 Å². The Kier molecular flexibility index (Phi) is 5.08. The third-order valence-corrected chi connectivity index (χ3v) is 5.80. The molecule has 2 N–H and O–H groups in total. The zero-order chi connectivity index (χ0) is 13.1. The Hall–Kier alpha value is -0.0800. The molecule has 2 saturated carbocycles. The van der Waals surface area contributed by atoms with Crippen molar-refractivity contribution in [2.45, 2.75) is 71.4 Å². The van der Waals surface area contributed by atoms with Gasteiger partial charge in [0.15, 0.2) is 0 Å². The predicted octanol–water partition coefficient (Wildman–Crippen LogP) is 3.26. The van der Waals surface area contributed by atoms with Crippen LogP contribution in [0.4, 0.5) is 0 Å². The minimum Gasteiger partial charge on any atom is -0.330 e. The van der Waals surface area contributed by atoms with Gasteiger partial charge in [0.05, 0.1) is 0 Å². The maximum atomic E-state index is 5.98. The fraction of sp³-hybridized carbons (Fsp3) is 1.00. The largest absolute Gasteiger partial charge is 0.330 e. The smallest absolute Gasteiger partial charge is 0.0138 e. The second-order valence-electron chi connectivity index (χ2n) is 6.66. The lowest BCUT2D eigenvalue weighted by Crippen LogP contribution is -2.51. The summed E-state index contributed by atoms with van der Waals surface area (Å²) in [5, 5.41) is 0. The van der Waals surface area contributed by atoms with Crippen molar-refractivity contribution < 1.29 is 0 Å². The van der Waals surface area contributed by atoms with Crippen molar-refractivity contribution >= 4 is 0 Å². The fourth-order valence-electron chi connectivity index (χ4n) is 4.47. The van der Waals surface area contributed by atoms with Gasteiger partial charge in [-0.3, -0.25) is 4.90 Å². The molecule has 0 bridgehead atoms. The van der Waals surface area contributed by atoms with Crippen molar-refractivity contribution in [1.82, 2.24) is 4.90 Å². The molecule has 0 radical (unpaired) electrons. The Morgan fingerprint density at radius 3 is 2.33 bits per heavy atom. The Labute approximate surface area is 113 Å². The highest BCUT2D eigenvalue weighted by atomic mass is 15.2. The van der Waals surface area contributed by atoms with Crippen molar-refractivity contribution in [3.63, 3.8) is 0 Å². The molecule has 0 aromatic carbocycles. The monoisotopic (exact) mass is 252 g/mol. The van der Waals surface area contributed by atoms with E-state index >= 15 is 0 Å². The van der Waals surface area contributed by atoms with E-state index in [1.54, 1.807) is 0 Å². The third kappa shape index (κ3) is 2.75. The van der Waals surface area contributed by atoms with E-state index in [0.717, 1.165) is 36.4 Å². The molecule has 2 rings (SSSR count). The molecule has 0 heterocycles. The van der Waals surface area contributed by atoms with Crippen LogP contribution in [-0.4, -0.2) is 30.1 Å². The molecule has 2 aliphatic carbocycles. The summed E-state index contributed by atoms with van der Waals surface area (Å²) in [7, 11) is 0. The molecule has 106 valence electrons. The van der Waals surface area contributed by atoms with E-state index in [-0.39, 0.29) is 0 Å². The van der Waals surface area contributed by atoms with E-state index in [1.165, 1.54) is 45.1 Å². The third-order valence-electron chi connectivity index (χ3n) is 5.80. The molecule has 2 fully saturated rings. The van der Waals surface area contributed by atoms with Gasteiger partial charge in [-0.25, -0.2) is 0 Å². The quantitative estimate of drug-likeness (QED) is 0.832. The second kappa shape index (κ2) is 6.38. The van der Waals surface area contributed by atoms with Crippen molar-refractivity contribution in [2.24, 2.45) is 23.5 Å². The molecule has 0 aromatic rings. The number of hydrogen-bond donors (Lipinski definition) is 1. The van der Waals surface area contributed by atoms with Crippen LogP contribution in [-0.2, 0) is 0 Å². The highest BCUT2D eigenvalue weighted by Gasteiger charge is 2.38. The van der Waals surface area contributed by atoms with E-state index in [9.17, 15) is 0 Å². The summed E-state index contributed by atoms with van der Waals surface area (Å²) in [6, 6.07) is 1.59. The molecular formula is C16H32N2. The highest BCUT2D eigenvalue weighted by molar-refractivity contribution is 4.92. The van der Waals surface area contributed by atoms with E-state index in [0.29, 0.717) is 0 Å². The van der Waals surface area contributed by atoms with Crippen molar-refractivity contribution in [3.8, 4) is 0 Å². The van der Waals surface area contributed by atoms with Crippen molar-refractivity contribution in [3.05, 3.63) is 0 Å². The standard InChI is InChI=1S/C16H32N2/c1-4-18(16-10-6-8-14(16)11-17)15-9-5-7-12(2)13(15)3/h12-16H,4-11,17H2,1-3H3. The SMILES string of the molecule is CCN(C1CCCC1CN)C1CCCC(C)C1C. The van der Waals surface area contributed by atoms with E-state index in [1.807, 2.05) is 0 Å². The lowest BCUT2D eigenvalue weighted by molar-refractivity contribution is 0.0375. The molecule has 0 saturated heterocycles. The van der Waals surface area contributed by atoms with E-state index in [2.05, 4.69) is 25.7 Å². The van der Waals surface area contributed by atoms with Crippen LogP contribution in [0.5, 0.6) is 0 Å². The highest BCUT2D eigenvalue weighted by Crippen LogP contribution is 2.38. The van der Waals surface area contributed by atoms with Crippen LogP contribution in [0.3, 0.4) is 0 Å². The first kappa shape index (κ1) is 14.3. The Morgan fingerprint density at radius 1 is 1.00 bits per heavy atom. The van der Waals surface area contributed by atoms with Gasteiger partial charge >= 0.3 is 0 Å². The summed E-state index contributed by atoms with van der Waals surface area (Å²) < 4.78 is 0. The van der Waals surface area contributed by atoms with Crippen LogP contribution in [0.25, 0.3) is 0 Å². The molecule has 0 amide bonds. The first-order chi connectivity index (χ1) is 8.69. The van der Waals surface area contributed by atoms with Gasteiger partial charge < -0.3 is 5.73 Å². The lowest BCUT2D eigenvalue weighted by Gasteiger charge is -2.45. The van der Waals surface area contributed by atoms with Gasteiger partial charge in [-0.2, -0.15) is 0 Å². The van der Waals surface area contributed by atoms with E-state index in [4.69, 9.17) is 5.73 Å². The summed E-state index contributed by atoms with van der Waals surface area (Å²) in [6.07, 6.45) is 8.39. The van der Waals surface area contributed by atoms with E-state index < -0.39 is 0 Å². The Morgan fingerprint density at radius 2 is 1.67 bits per heavy atom. The molecule has 2 nitrogen and oxygen atoms in total. The van der Waals surface area contributed by atoms with Crippen LogP contribution in [0, 0.1) is 17.8 Å². The lowest BCUT2D eigenvalue weighted by atomic mass is 9.76. The second-order valence-corrected chi connectivity index (χ2v) is 6.66. The number of hydrogen-bond acceptors (Lipinski definition) is 2. The van der Waals surface area contributed by atoms with Crippen LogP contribution in [0.15, 0.2) is 0 Å². The topological polar surface area (TPSA) is 29.3 Å². The Balaban J connectivity index is 2.07. The summed E-state index contributed by atoms with van der Waals surface area (Å²) in [5.74, 6) is 2.52. The zero-order valence-electron chi connectivity index (χ0n) is 12.6. The zero-order valence-corrected chi connectivity index (χ0v) is 12.6. The van der Waals surface area contributed by atoms with Gasteiger partial charge in [-0.1, -0.05) is 40.0 Å². The molecule has 2 heteroatoms. The van der Waals surface area contributed by atoms with Crippen LogP contribution >= 0.6 is 0 Å². The first-order valence-corrected chi connectivity index (χ1v) is 8.14. The molecule has 0 aromatic heterocycles. The molecule has 0 aliphatic heterocycles. The maximum Gasteiger partial charge on any atom is 0.0138 e. The van der Waals surface area contributed by atoms with Crippen molar-refractivity contribution in [2.75, 3.05) is 13.1 Å². The molecule has 5 unspecified atom stereocenters. The summed E-state index contributed by atoms with van der Waals surface area (Å²) >= 11 is 0. The number of rotatable bonds is 4. The summed E-state index contributed by atoms with van der Waals surface area (Å²) in [5.41, 5.74) is 5.98. The summed E-state index contributed by atoms with van der Waals surface area (Å²) in [4.78, 5) is 2.82. The molecule has 2 aliphatic rings. The average molecular weight is 252 g/mol. The van der Waals surface area contributed by atoms with Crippen LogP contribution in [0.1, 0.15) is 59.3 Å². The minimum atomic E-state index is 0.759. The van der Waals surface area contributed by atoms with Crippen molar-refractivity contribution in [1.29, 1.82) is 0 Å². The first-order valence-electron chi connectivity index (χ1n) is 8.14. The fourth-order valence-corrected chi connectivity index (χ4v) is 4.47. The van der Waals surface area contributed by atoms with Gasteiger partial charge in [0, 0.05) is 12.1 Å². The molecule has 5 atom stereocenters. The van der Waals surface area contributed by atoms with Crippen LogP contribution in [0.2, 0.25) is 0 Å². The number of nitrogens with zero attached hydrogens (tertiary/aromatic N) is 1. The van der Waals surface area contributed by atoms with Gasteiger partial charge in [-0.15, -0.1) is 0 Å². The minimum absolute atomic E-state index is 0.759. The van der Waals surface area contributed by atoms with Gasteiger partial charge in [0.2, 0.25) is 0 Å². The Bertz CT molecular complexity index is 253. The predicted molar refractivity (Wildman–Crippen MR) is 78.5 cm³/mol. The average Bonchev–Trinajstić information content (AvgIpc) is 2.83. The van der Waals surface area contributed by atoms with Gasteiger partial charge in [-0.05, 0) is 50.1 Å². The normalized spacial score (nSPS) is 41.5. The molecular weight excluding hydrogens is 220 g/mol. The van der Waals surface area contributed by atoms with Gasteiger partial charge in [0.1, 0.15) is 0 Å². The van der Waals surface area contributed by atoms with Gasteiger partial charge in [0.25, 0.3) is 0 Å². The number of nitrogens with two attached hydrogens (primary N) is 1. The summed E-state index contributed by atoms with van der Waals surface area (Å²) in [6.45, 7) is 9.36. The maximum absolute atomic E-state index is 5.98. The molecule has 0 spiro atoms. The molecule has 18 heavy (non-hydrogen) atoms.